The number of nitrogens with zero attached hydrogens (tertiary/aromatic N) is 3. The van der Waals surface area contributed by atoms with Crippen molar-refractivity contribution in [1.29, 1.82) is 0 Å². The lowest BCUT2D eigenvalue weighted by molar-refractivity contribution is 0.0786. The first kappa shape index (κ1) is 14.2. The van der Waals surface area contributed by atoms with Crippen LogP contribution < -0.4 is 0 Å². The van der Waals surface area contributed by atoms with Crippen LogP contribution in [0.1, 0.15) is 10.4 Å². The molecule has 1 heterocycles. The molecule has 0 radical (unpaired) electrons. The van der Waals surface area contributed by atoms with E-state index >= 15 is 0 Å². The Morgan fingerprint density at radius 1 is 1.18 bits per heavy atom. The summed E-state index contributed by atoms with van der Waals surface area (Å²) in [4.78, 5) is 19.5. The van der Waals surface area contributed by atoms with Crippen LogP contribution in [0, 0.1) is 0 Å². The number of pyridine rings is 1. The molecule has 1 aromatic rings. The molecule has 0 aliphatic carbocycles. The Hall–Kier alpha value is -0.840. The Labute approximate surface area is 111 Å². The second-order valence-electron chi connectivity index (χ2n) is 4.03. The largest absolute Gasteiger partial charge is 0.340 e. The van der Waals surface area contributed by atoms with E-state index < -0.39 is 0 Å². The van der Waals surface area contributed by atoms with Gasteiger partial charge in [0.15, 0.2) is 0 Å². The quantitative estimate of drug-likeness (QED) is 0.789. The molecule has 0 spiro atoms. The Morgan fingerprint density at radius 2 is 1.71 bits per heavy atom. The van der Waals surface area contributed by atoms with Crippen LogP contribution in [0.5, 0.6) is 0 Å². The van der Waals surface area contributed by atoms with E-state index in [1.807, 2.05) is 19.0 Å². The maximum atomic E-state index is 12.0. The molecule has 0 aliphatic heterocycles. The third-order valence-corrected chi connectivity index (χ3v) is 2.63. The normalized spacial score (nSPS) is 10.7. The highest BCUT2D eigenvalue weighted by atomic mass is 35.5. The van der Waals surface area contributed by atoms with Crippen molar-refractivity contribution >= 4 is 29.1 Å². The van der Waals surface area contributed by atoms with E-state index in [9.17, 15) is 4.79 Å². The zero-order chi connectivity index (χ0) is 13.0. The molecule has 0 unspecified atom stereocenters. The van der Waals surface area contributed by atoms with Crippen molar-refractivity contribution in [2.24, 2.45) is 0 Å². The monoisotopic (exact) mass is 275 g/mol. The number of hydrogen-bond acceptors (Lipinski definition) is 3. The van der Waals surface area contributed by atoms with E-state index in [4.69, 9.17) is 23.2 Å². The third kappa shape index (κ3) is 4.50. The molecule has 1 amide bonds. The van der Waals surface area contributed by atoms with Gasteiger partial charge in [-0.1, -0.05) is 23.2 Å². The summed E-state index contributed by atoms with van der Waals surface area (Å²) in [6.07, 6.45) is 0. The van der Waals surface area contributed by atoms with Crippen LogP contribution in [-0.4, -0.2) is 54.9 Å². The molecule has 17 heavy (non-hydrogen) atoms. The standard InChI is InChI=1S/C11H15Cl2N3O/c1-15(2)4-5-16(3)11(17)8-6-9(12)14-10(13)7-8/h6-7H,4-5H2,1-3H3. The summed E-state index contributed by atoms with van der Waals surface area (Å²) in [7, 11) is 5.66. The molecule has 0 saturated heterocycles. The number of carbonyl (C=O) groups excluding carboxylic acids is 1. The zero-order valence-corrected chi connectivity index (χ0v) is 11.6. The lowest BCUT2D eigenvalue weighted by atomic mass is 10.2. The van der Waals surface area contributed by atoms with Crippen LogP contribution in [0.2, 0.25) is 10.3 Å². The van der Waals surface area contributed by atoms with Gasteiger partial charge in [0.2, 0.25) is 0 Å². The lowest BCUT2D eigenvalue weighted by Crippen LogP contribution is -2.33. The van der Waals surface area contributed by atoms with E-state index in [2.05, 4.69) is 4.98 Å². The highest BCUT2D eigenvalue weighted by molar-refractivity contribution is 6.33. The molecule has 0 fully saturated rings. The predicted octanol–water partition coefficient (Wildman–Crippen LogP) is 2.02. The molecule has 4 nitrogen and oxygen atoms in total. The molecular formula is C11H15Cl2N3O. The fourth-order valence-corrected chi connectivity index (χ4v) is 1.72. The van der Waals surface area contributed by atoms with Gasteiger partial charge in [-0.05, 0) is 26.2 Å². The molecule has 1 aromatic heterocycles. The molecular weight excluding hydrogens is 261 g/mol. The average Bonchev–Trinajstić information content (AvgIpc) is 2.23. The Morgan fingerprint density at radius 3 is 2.18 bits per heavy atom. The number of carbonyl (C=O) groups is 1. The van der Waals surface area contributed by atoms with Crippen molar-refractivity contribution in [3.05, 3.63) is 28.0 Å². The Kier molecular flexibility index (Phi) is 5.18. The summed E-state index contributed by atoms with van der Waals surface area (Å²) in [6, 6.07) is 3.03. The molecule has 0 bridgehead atoms. The topological polar surface area (TPSA) is 36.4 Å². The van der Waals surface area contributed by atoms with Crippen molar-refractivity contribution < 1.29 is 4.79 Å². The van der Waals surface area contributed by atoms with E-state index in [-0.39, 0.29) is 16.2 Å². The van der Waals surface area contributed by atoms with Crippen molar-refractivity contribution in [2.75, 3.05) is 34.2 Å². The minimum Gasteiger partial charge on any atom is -0.340 e. The number of halogens is 2. The first-order chi connectivity index (χ1) is 7.90. The Bertz CT molecular complexity index is 389. The van der Waals surface area contributed by atoms with Gasteiger partial charge >= 0.3 is 0 Å². The highest BCUT2D eigenvalue weighted by Gasteiger charge is 2.13. The van der Waals surface area contributed by atoms with Crippen molar-refractivity contribution in [3.63, 3.8) is 0 Å². The lowest BCUT2D eigenvalue weighted by Gasteiger charge is -2.19. The molecule has 0 aliphatic rings. The first-order valence-corrected chi connectivity index (χ1v) is 5.89. The van der Waals surface area contributed by atoms with Crippen LogP contribution in [0.3, 0.4) is 0 Å². The molecule has 6 heteroatoms. The summed E-state index contributed by atoms with van der Waals surface area (Å²) in [6.45, 7) is 1.44. The smallest absolute Gasteiger partial charge is 0.253 e. The van der Waals surface area contributed by atoms with Crippen LogP contribution >= 0.6 is 23.2 Å². The zero-order valence-electron chi connectivity index (χ0n) is 10.1. The summed E-state index contributed by atoms with van der Waals surface area (Å²) in [5.41, 5.74) is 0.455. The number of rotatable bonds is 4. The maximum Gasteiger partial charge on any atom is 0.253 e. The molecule has 0 aromatic carbocycles. The summed E-state index contributed by atoms with van der Waals surface area (Å²) >= 11 is 11.5. The molecule has 0 N–H and O–H groups in total. The van der Waals surface area contributed by atoms with Gasteiger partial charge in [0.25, 0.3) is 5.91 Å². The van der Waals surface area contributed by atoms with E-state index in [1.54, 1.807) is 11.9 Å². The predicted molar refractivity (Wildman–Crippen MR) is 69.8 cm³/mol. The highest BCUT2D eigenvalue weighted by Crippen LogP contribution is 2.15. The van der Waals surface area contributed by atoms with Gasteiger partial charge in [-0.15, -0.1) is 0 Å². The van der Waals surface area contributed by atoms with Crippen LogP contribution in [0.4, 0.5) is 0 Å². The van der Waals surface area contributed by atoms with E-state index in [0.717, 1.165) is 6.54 Å². The summed E-state index contributed by atoms with van der Waals surface area (Å²) in [5.74, 6) is -0.113. The minimum atomic E-state index is -0.113. The van der Waals surface area contributed by atoms with E-state index in [0.29, 0.717) is 12.1 Å². The van der Waals surface area contributed by atoms with Crippen LogP contribution in [0.25, 0.3) is 0 Å². The second-order valence-corrected chi connectivity index (χ2v) is 4.81. The first-order valence-electron chi connectivity index (χ1n) is 5.13. The number of hydrogen-bond donors (Lipinski definition) is 0. The SMILES string of the molecule is CN(C)CCN(C)C(=O)c1cc(Cl)nc(Cl)c1. The minimum absolute atomic E-state index is 0.113. The van der Waals surface area contributed by atoms with Gasteiger partial charge in [0, 0.05) is 25.7 Å². The number of amides is 1. The molecule has 0 atom stereocenters. The summed E-state index contributed by atoms with van der Waals surface area (Å²) in [5, 5.41) is 0.448. The van der Waals surface area contributed by atoms with Crippen molar-refractivity contribution in [2.45, 2.75) is 0 Å². The van der Waals surface area contributed by atoms with Crippen LogP contribution in [-0.2, 0) is 0 Å². The molecule has 1 rings (SSSR count). The third-order valence-electron chi connectivity index (χ3n) is 2.24. The Balaban J connectivity index is 2.74. The van der Waals surface area contributed by atoms with Gasteiger partial charge in [-0.3, -0.25) is 4.79 Å². The summed E-state index contributed by atoms with van der Waals surface area (Å²) < 4.78 is 0. The number of aromatic nitrogens is 1. The van der Waals surface area contributed by atoms with E-state index in [1.165, 1.54) is 12.1 Å². The number of likely N-dealkylation sites (N-methyl/N-ethyl adjacent to an activating group) is 2. The molecule has 0 saturated carbocycles. The van der Waals surface area contributed by atoms with Gasteiger partial charge in [-0.2, -0.15) is 0 Å². The van der Waals surface area contributed by atoms with Gasteiger partial charge in [-0.25, -0.2) is 4.98 Å². The molecule has 94 valence electrons. The van der Waals surface area contributed by atoms with Crippen LogP contribution in [0.15, 0.2) is 12.1 Å². The van der Waals surface area contributed by atoms with Gasteiger partial charge in [0.1, 0.15) is 10.3 Å². The van der Waals surface area contributed by atoms with Crippen molar-refractivity contribution in [3.8, 4) is 0 Å². The fraction of sp³-hybridized carbons (Fsp3) is 0.455. The average molecular weight is 276 g/mol. The van der Waals surface area contributed by atoms with Gasteiger partial charge in [0.05, 0.1) is 0 Å². The second kappa shape index (κ2) is 6.19. The maximum absolute atomic E-state index is 12.0. The van der Waals surface area contributed by atoms with Gasteiger partial charge < -0.3 is 9.80 Å². The fourth-order valence-electron chi connectivity index (χ4n) is 1.26. The van der Waals surface area contributed by atoms with Crippen molar-refractivity contribution in [1.82, 2.24) is 14.8 Å².